The van der Waals surface area contributed by atoms with Crippen LogP contribution in [0.3, 0.4) is 0 Å². The van der Waals surface area contributed by atoms with Crippen molar-refractivity contribution in [3.05, 3.63) is 83.3 Å². The number of rotatable bonds is 12. The number of imidazole rings is 1. The number of fused-ring (bicyclic) bond motifs is 1. The van der Waals surface area contributed by atoms with Gasteiger partial charge in [-0.3, -0.25) is 9.59 Å². The van der Waals surface area contributed by atoms with Crippen LogP contribution < -0.4 is 10.6 Å². The van der Waals surface area contributed by atoms with E-state index in [1.165, 1.54) is 12.4 Å². The maximum atomic E-state index is 14.4. The van der Waals surface area contributed by atoms with Crippen LogP contribution in [0.5, 0.6) is 0 Å². The third-order valence-corrected chi connectivity index (χ3v) is 8.19. The number of amides is 1. The van der Waals surface area contributed by atoms with Gasteiger partial charge in [-0.2, -0.15) is 0 Å². The molecule has 1 aromatic heterocycles. The first-order valence-electron chi connectivity index (χ1n) is 14.3. The third kappa shape index (κ3) is 7.26. The molecule has 1 unspecified atom stereocenters. The zero-order chi connectivity index (χ0) is 29.8. The number of anilines is 1. The summed E-state index contributed by atoms with van der Waals surface area (Å²) in [7, 11) is 0. The number of nitrogens with zero attached hydrogens (tertiary/aromatic N) is 2. The number of aryl methyl sites for hydroxylation is 1. The van der Waals surface area contributed by atoms with E-state index in [1.807, 2.05) is 37.3 Å². The fourth-order valence-corrected chi connectivity index (χ4v) is 5.45. The highest BCUT2D eigenvalue weighted by atomic mass is 19.1. The second kappa shape index (κ2) is 12.6. The minimum absolute atomic E-state index is 0.0702. The van der Waals surface area contributed by atoms with Crippen LogP contribution in [0.25, 0.3) is 0 Å². The summed E-state index contributed by atoms with van der Waals surface area (Å²) in [5, 5.41) is 17.1. The van der Waals surface area contributed by atoms with E-state index < -0.39 is 28.8 Å². The summed E-state index contributed by atoms with van der Waals surface area (Å²) in [5.74, 6) is -1.12. The summed E-state index contributed by atoms with van der Waals surface area (Å²) >= 11 is 0. The van der Waals surface area contributed by atoms with Gasteiger partial charge >= 0.3 is 0 Å². The van der Waals surface area contributed by atoms with Crippen molar-refractivity contribution in [2.75, 3.05) is 5.32 Å². The van der Waals surface area contributed by atoms with Gasteiger partial charge in [0.1, 0.15) is 11.6 Å². The normalized spacial score (nSPS) is 17.4. The monoisotopic (exact) mass is 566 g/mol. The molecule has 220 valence electrons. The molecule has 41 heavy (non-hydrogen) atoms. The second-order valence-electron chi connectivity index (χ2n) is 11.8. The molecule has 0 saturated heterocycles. The molecule has 1 aliphatic carbocycles. The number of aromatic nitrogens is 2. The molecule has 3 N–H and O–H groups in total. The molecule has 4 rings (SSSR count). The van der Waals surface area contributed by atoms with E-state index in [-0.39, 0.29) is 30.6 Å². The molecule has 9 heteroatoms. The van der Waals surface area contributed by atoms with Gasteiger partial charge in [-0.05, 0) is 75.6 Å². The SMILES string of the molecule is CCC[C@H](N[C@H]1CCc2cc(F)cc(F)c2C1)C(=O)Nc1cn(C(C)(C)C(=O)CCC(C)(O)c2ccccc2)cn1. The number of nitrogens with one attached hydrogen (secondary N) is 2. The van der Waals surface area contributed by atoms with E-state index in [0.717, 1.165) is 18.1 Å². The van der Waals surface area contributed by atoms with E-state index in [0.29, 0.717) is 42.6 Å². The zero-order valence-electron chi connectivity index (χ0n) is 24.2. The minimum Gasteiger partial charge on any atom is -0.385 e. The fraction of sp³-hybridized carbons (Fsp3) is 0.469. The average Bonchev–Trinajstić information content (AvgIpc) is 3.41. The lowest BCUT2D eigenvalue weighted by Crippen LogP contribution is -2.48. The first kappa shape index (κ1) is 30.5. The Hall–Kier alpha value is -3.43. The van der Waals surface area contributed by atoms with E-state index in [2.05, 4.69) is 15.6 Å². The Labute approximate surface area is 240 Å². The summed E-state index contributed by atoms with van der Waals surface area (Å²) in [5.41, 5.74) is -0.136. The summed E-state index contributed by atoms with van der Waals surface area (Å²) in [6.45, 7) is 7.26. The van der Waals surface area contributed by atoms with Crippen LogP contribution in [0.4, 0.5) is 14.6 Å². The molecule has 3 aromatic rings. The van der Waals surface area contributed by atoms with E-state index >= 15 is 0 Å². The van der Waals surface area contributed by atoms with Crippen molar-refractivity contribution in [3.8, 4) is 0 Å². The van der Waals surface area contributed by atoms with Crippen molar-refractivity contribution in [2.45, 2.75) is 95.9 Å². The summed E-state index contributed by atoms with van der Waals surface area (Å²) in [4.78, 5) is 30.8. The second-order valence-corrected chi connectivity index (χ2v) is 11.8. The Balaban J connectivity index is 1.37. The minimum atomic E-state index is -1.13. The van der Waals surface area contributed by atoms with Crippen LogP contribution in [-0.2, 0) is 33.6 Å². The van der Waals surface area contributed by atoms with E-state index in [1.54, 1.807) is 31.5 Å². The van der Waals surface area contributed by atoms with Gasteiger partial charge in [0.25, 0.3) is 0 Å². The Kier molecular flexibility index (Phi) is 9.39. The number of hydrogen-bond acceptors (Lipinski definition) is 5. The van der Waals surface area contributed by atoms with E-state index in [9.17, 15) is 23.5 Å². The Morgan fingerprint density at radius 1 is 1.17 bits per heavy atom. The molecule has 0 saturated carbocycles. The number of hydrogen-bond donors (Lipinski definition) is 3. The quantitative estimate of drug-likeness (QED) is 0.273. The van der Waals surface area contributed by atoms with Crippen molar-refractivity contribution >= 4 is 17.5 Å². The molecule has 7 nitrogen and oxygen atoms in total. The number of aliphatic hydroxyl groups is 1. The molecular weight excluding hydrogens is 526 g/mol. The molecule has 0 aliphatic heterocycles. The number of halogens is 2. The molecule has 1 amide bonds. The molecule has 0 spiro atoms. The van der Waals surface area contributed by atoms with Crippen molar-refractivity contribution in [2.24, 2.45) is 0 Å². The fourth-order valence-electron chi connectivity index (χ4n) is 5.45. The van der Waals surface area contributed by atoms with Crippen LogP contribution in [-0.4, -0.2) is 38.4 Å². The van der Waals surface area contributed by atoms with Gasteiger partial charge in [-0.1, -0.05) is 43.7 Å². The van der Waals surface area contributed by atoms with Crippen LogP contribution in [0, 0.1) is 11.6 Å². The predicted octanol–water partition coefficient (Wildman–Crippen LogP) is 5.41. The topological polar surface area (TPSA) is 96.2 Å². The molecule has 2 aromatic carbocycles. The molecular formula is C32H40F2N4O3. The molecule has 1 aliphatic rings. The van der Waals surface area contributed by atoms with Gasteiger partial charge in [-0.15, -0.1) is 0 Å². The van der Waals surface area contributed by atoms with Crippen molar-refractivity contribution in [1.82, 2.24) is 14.9 Å². The largest absolute Gasteiger partial charge is 0.385 e. The lowest BCUT2D eigenvalue weighted by Gasteiger charge is -2.29. The molecule has 0 fully saturated rings. The third-order valence-electron chi connectivity index (χ3n) is 8.19. The van der Waals surface area contributed by atoms with E-state index in [4.69, 9.17) is 0 Å². The summed E-state index contributed by atoms with van der Waals surface area (Å²) < 4.78 is 29.7. The summed E-state index contributed by atoms with van der Waals surface area (Å²) in [6.07, 6.45) is 6.52. The number of ketones is 1. The lowest BCUT2D eigenvalue weighted by atomic mass is 9.86. The molecule has 3 atom stereocenters. The summed E-state index contributed by atoms with van der Waals surface area (Å²) in [6, 6.07) is 10.9. The van der Waals surface area contributed by atoms with Gasteiger partial charge < -0.3 is 20.3 Å². The Bertz CT molecular complexity index is 1370. The van der Waals surface area contributed by atoms with Gasteiger partial charge in [0, 0.05) is 24.7 Å². The Morgan fingerprint density at radius 3 is 2.61 bits per heavy atom. The van der Waals surface area contributed by atoms with Crippen molar-refractivity contribution < 1.29 is 23.5 Å². The highest BCUT2D eigenvalue weighted by molar-refractivity contribution is 5.94. The van der Waals surface area contributed by atoms with Gasteiger partial charge in [0.15, 0.2) is 11.6 Å². The maximum Gasteiger partial charge on any atom is 0.242 e. The first-order chi connectivity index (χ1) is 19.4. The molecule has 1 heterocycles. The lowest BCUT2D eigenvalue weighted by molar-refractivity contribution is -0.127. The molecule has 0 bridgehead atoms. The van der Waals surface area contributed by atoms with Gasteiger partial charge in [0.05, 0.1) is 23.5 Å². The zero-order valence-corrected chi connectivity index (χ0v) is 24.2. The van der Waals surface area contributed by atoms with Gasteiger partial charge in [-0.25, -0.2) is 13.8 Å². The number of benzene rings is 2. The van der Waals surface area contributed by atoms with Crippen molar-refractivity contribution in [3.63, 3.8) is 0 Å². The highest BCUT2D eigenvalue weighted by Crippen LogP contribution is 2.29. The number of carbonyl (C=O) groups is 2. The number of carbonyl (C=O) groups excluding carboxylic acids is 2. The van der Waals surface area contributed by atoms with Gasteiger partial charge in [0.2, 0.25) is 5.91 Å². The smallest absolute Gasteiger partial charge is 0.242 e. The average molecular weight is 567 g/mol. The maximum absolute atomic E-state index is 14.4. The number of Topliss-reactive ketones (excluding diaryl/α,β-unsaturated/α-hetero) is 1. The first-order valence-corrected chi connectivity index (χ1v) is 14.3. The Morgan fingerprint density at radius 2 is 1.90 bits per heavy atom. The molecule has 0 radical (unpaired) electrons. The van der Waals surface area contributed by atoms with Crippen molar-refractivity contribution in [1.29, 1.82) is 0 Å². The van der Waals surface area contributed by atoms with Crippen LogP contribution in [0.15, 0.2) is 55.0 Å². The standard InChI is InChI=1S/C32H40F2N4O3/c1-5-9-27(36-24-13-12-21-16-23(33)17-26(34)25(21)18-24)30(40)37-29-19-38(20-35-29)31(2,3)28(39)14-15-32(4,41)22-10-7-6-8-11-22/h6-8,10-11,16-17,19-20,24,27,36,41H,5,9,12-15,18H2,1-4H3,(H,37,40)/t24-,27-,32?/m0/s1. The predicted molar refractivity (Wildman–Crippen MR) is 154 cm³/mol. The van der Waals surface area contributed by atoms with Crippen LogP contribution >= 0.6 is 0 Å². The van der Waals surface area contributed by atoms with Crippen LogP contribution in [0.2, 0.25) is 0 Å². The van der Waals surface area contributed by atoms with Crippen LogP contribution in [0.1, 0.15) is 76.5 Å². The highest BCUT2D eigenvalue weighted by Gasteiger charge is 2.33.